The number of carbonyl (C=O) groups is 2. The molecule has 0 saturated heterocycles. The minimum atomic E-state index is -0.906. The van der Waals surface area contributed by atoms with Gasteiger partial charge < -0.3 is 34.8 Å². The fraction of sp³-hybridized carbons (Fsp3) is 0.349. The van der Waals surface area contributed by atoms with E-state index in [2.05, 4.69) is 75.4 Å². The molecule has 0 saturated carbocycles. The lowest BCUT2D eigenvalue weighted by Gasteiger charge is -2.27. The van der Waals surface area contributed by atoms with Crippen molar-refractivity contribution >= 4 is 33.8 Å². The van der Waals surface area contributed by atoms with Crippen molar-refractivity contribution in [2.45, 2.75) is 78.4 Å². The Balaban J connectivity index is 1.13. The number of rotatable bonds is 15. The van der Waals surface area contributed by atoms with Crippen LogP contribution in [0.1, 0.15) is 75.3 Å². The van der Waals surface area contributed by atoms with Gasteiger partial charge in [0.1, 0.15) is 36.3 Å². The Labute approximate surface area is 320 Å². The van der Waals surface area contributed by atoms with Crippen molar-refractivity contribution in [1.29, 1.82) is 0 Å². The topological polar surface area (TPSA) is 149 Å². The second kappa shape index (κ2) is 16.7. The molecule has 1 unspecified atom stereocenters. The summed E-state index contributed by atoms with van der Waals surface area (Å²) in [5, 5.41) is 15.3. The molecule has 0 aliphatic carbocycles. The highest BCUT2D eigenvalue weighted by atomic mass is 16.5. The number of ether oxygens (including phenoxy) is 2. The average molecular weight is 744 g/mol. The van der Waals surface area contributed by atoms with Crippen LogP contribution in [0.15, 0.2) is 79.0 Å². The summed E-state index contributed by atoms with van der Waals surface area (Å²) in [5.74, 6) is 2.01. The zero-order valence-corrected chi connectivity index (χ0v) is 31.9. The monoisotopic (exact) mass is 743 g/mol. The molecule has 2 amide bonds. The number of nitrogens with one attached hydrogen (secondary N) is 3. The van der Waals surface area contributed by atoms with Gasteiger partial charge in [-0.3, -0.25) is 9.69 Å². The lowest BCUT2D eigenvalue weighted by molar-refractivity contribution is -0.134. The number of alkyl carbamates (subject to hydrolysis) is 1. The van der Waals surface area contributed by atoms with E-state index in [1.807, 2.05) is 49.5 Å². The van der Waals surface area contributed by atoms with E-state index in [9.17, 15) is 14.7 Å². The lowest BCUT2D eigenvalue weighted by atomic mass is 9.92. The van der Waals surface area contributed by atoms with Gasteiger partial charge in [0.25, 0.3) is 0 Å². The van der Waals surface area contributed by atoms with Crippen molar-refractivity contribution in [2.24, 2.45) is 0 Å². The van der Waals surface area contributed by atoms with Crippen molar-refractivity contribution in [3.8, 4) is 28.1 Å². The molecule has 2 atom stereocenters. The van der Waals surface area contributed by atoms with Gasteiger partial charge in [0.05, 0.1) is 43.1 Å². The molecule has 286 valence electrons. The summed E-state index contributed by atoms with van der Waals surface area (Å²) in [6.07, 6.45) is 4.04. The fourth-order valence-corrected chi connectivity index (χ4v) is 7.43. The van der Waals surface area contributed by atoms with Gasteiger partial charge in [0.15, 0.2) is 0 Å². The minimum absolute atomic E-state index is 0.238. The number of benzene rings is 4. The molecule has 1 aliphatic rings. The predicted molar refractivity (Wildman–Crippen MR) is 213 cm³/mol. The number of fused-ring (bicyclic) bond motifs is 6. The molecule has 3 heterocycles. The molecule has 0 fully saturated rings. The number of hydrogen-bond donors (Lipinski definition) is 4. The molecular weight excluding hydrogens is 695 g/mol. The number of imidazole rings is 2. The number of aromatic amines is 2. The summed E-state index contributed by atoms with van der Waals surface area (Å²) in [7, 11) is 1.28. The molecule has 0 spiro atoms. The van der Waals surface area contributed by atoms with Gasteiger partial charge in [-0.15, -0.1) is 0 Å². The Hall–Kier alpha value is -5.72. The third kappa shape index (κ3) is 8.06. The van der Waals surface area contributed by atoms with E-state index in [4.69, 9.17) is 14.5 Å². The SMILES string of the molecule is CCCC(O)N(CCC)Cc1ncc(-c2ccc3c(c2)COc2cc4c(ccc5[nH]c(CN(CCC)C(=O)[C@H](NC(=O)OC)c6ccccc6)nc54)cc2-3)[nH]1. The highest BCUT2D eigenvalue weighted by Gasteiger charge is 2.29. The number of aromatic nitrogens is 4. The maximum Gasteiger partial charge on any atom is 0.407 e. The Bertz CT molecular complexity index is 2280. The third-order valence-electron chi connectivity index (χ3n) is 10.1. The molecule has 6 aromatic rings. The van der Waals surface area contributed by atoms with Crippen molar-refractivity contribution in [2.75, 3.05) is 20.2 Å². The number of nitrogens with zero attached hydrogens (tertiary/aromatic N) is 4. The first kappa shape index (κ1) is 37.6. The summed E-state index contributed by atoms with van der Waals surface area (Å²) in [4.78, 5) is 46.6. The van der Waals surface area contributed by atoms with Crippen LogP contribution in [0.25, 0.3) is 44.2 Å². The first-order valence-corrected chi connectivity index (χ1v) is 19.2. The molecular formula is C43H49N7O5. The van der Waals surface area contributed by atoms with Crippen molar-refractivity contribution in [3.63, 3.8) is 0 Å². The van der Waals surface area contributed by atoms with Gasteiger partial charge in [-0.05, 0) is 71.2 Å². The summed E-state index contributed by atoms with van der Waals surface area (Å²) in [6, 6.07) is 23.0. The summed E-state index contributed by atoms with van der Waals surface area (Å²) in [6.45, 7) is 8.72. The van der Waals surface area contributed by atoms with E-state index < -0.39 is 18.4 Å². The number of methoxy groups -OCH3 is 1. The molecule has 12 heteroatoms. The van der Waals surface area contributed by atoms with Gasteiger partial charge in [-0.1, -0.05) is 75.7 Å². The van der Waals surface area contributed by atoms with Crippen LogP contribution in [0.4, 0.5) is 4.79 Å². The van der Waals surface area contributed by atoms with E-state index in [0.717, 1.165) is 93.6 Å². The smallest absolute Gasteiger partial charge is 0.407 e. The minimum Gasteiger partial charge on any atom is -0.488 e. The van der Waals surface area contributed by atoms with E-state index in [0.29, 0.717) is 31.1 Å². The lowest BCUT2D eigenvalue weighted by Crippen LogP contribution is -2.43. The van der Waals surface area contributed by atoms with Crippen LogP contribution >= 0.6 is 0 Å². The van der Waals surface area contributed by atoms with Crippen molar-refractivity contribution < 1.29 is 24.2 Å². The first-order chi connectivity index (χ1) is 26.8. The Morgan fingerprint density at radius 2 is 1.75 bits per heavy atom. The van der Waals surface area contributed by atoms with E-state index >= 15 is 0 Å². The van der Waals surface area contributed by atoms with Gasteiger partial charge in [-0.25, -0.2) is 14.8 Å². The summed E-state index contributed by atoms with van der Waals surface area (Å²) < 4.78 is 11.2. The van der Waals surface area contributed by atoms with Crippen LogP contribution in [0, 0.1) is 0 Å². The third-order valence-corrected chi connectivity index (χ3v) is 10.1. The molecule has 55 heavy (non-hydrogen) atoms. The quantitative estimate of drug-likeness (QED) is 0.0778. The second-order valence-corrected chi connectivity index (χ2v) is 14.1. The molecule has 0 radical (unpaired) electrons. The number of carbonyl (C=O) groups excluding carboxylic acids is 2. The largest absolute Gasteiger partial charge is 0.488 e. The summed E-state index contributed by atoms with van der Waals surface area (Å²) in [5.41, 5.74) is 7.50. The number of amides is 2. The number of hydrogen-bond acceptors (Lipinski definition) is 8. The molecule has 12 nitrogen and oxygen atoms in total. The van der Waals surface area contributed by atoms with Gasteiger partial charge in [0.2, 0.25) is 5.91 Å². The Kier molecular flexibility index (Phi) is 11.4. The van der Waals surface area contributed by atoms with E-state index in [1.54, 1.807) is 4.90 Å². The molecule has 4 aromatic carbocycles. The van der Waals surface area contributed by atoms with Crippen LogP contribution < -0.4 is 10.1 Å². The van der Waals surface area contributed by atoms with Crippen molar-refractivity contribution in [3.05, 3.63) is 102 Å². The van der Waals surface area contributed by atoms with Gasteiger partial charge >= 0.3 is 6.09 Å². The molecule has 2 aromatic heterocycles. The zero-order valence-electron chi connectivity index (χ0n) is 31.9. The highest BCUT2D eigenvalue weighted by molar-refractivity contribution is 6.07. The van der Waals surface area contributed by atoms with E-state index in [1.165, 1.54) is 7.11 Å². The molecule has 1 aliphatic heterocycles. The van der Waals surface area contributed by atoms with Crippen LogP contribution in [-0.4, -0.2) is 73.3 Å². The maximum atomic E-state index is 14.0. The summed E-state index contributed by atoms with van der Waals surface area (Å²) >= 11 is 0. The maximum absolute atomic E-state index is 14.0. The molecule has 7 rings (SSSR count). The normalized spacial score (nSPS) is 13.3. The van der Waals surface area contributed by atoms with Crippen molar-refractivity contribution in [1.82, 2.24) is 35.1 Å². The Morgan fingerprint density at radius 3 is 2.51 bits per heavy atom. The second-order valence-electron chi connectivity index (χ2n) is 14.1. The molecule has 4 N–H and O–H groups in total. The van der Waals surface area contributed by atoms with Gasteiger partial charge in [0, 0.05) is 24.0 Å². The van der Waals surface area contributed by atoms with Crippen LogP contribution in [0.3, 0.4) is 0 Å². The van der Waals surface area contributed by atoms with Crippen LogP contribution in [0.2, 0.25) is 0 Å². The van der Waals surface area contributed by atoms with E-state index in [-0.39, 0.29) is 12.5 Å². The first-order valence-electron chi connectivity index (χ1n) is 19.2. The molecule has 0 bridgehead atoms. The number of aliphatic hydroxyl groups excluding tert-OH is 1. The predicted octanol–water partition coefficient (Wildman–Crippen LogP) is 7.83. The van der Waals surface area contributed by atoms with Crippen LogP contribution in [-0.2, 0) is 29.2 Å². The van der Waals surface area contributed by atoms with Crippen LogP contribution in [0.5, 0.6) is 5.75 Å². The fourth-order valence-electron chi connectivity index (χ4n) is 7.43. The number of H-pyrrole nitrogens is 2. The standard InChI is InChI=1S/C43H49N7O5/c1-5-11-39(51)49(18-6-2)24-37-44-23-35(46-37)29-14-16-31-30(20-29)26-55-36-22-32-28(21-33(31)36)15-17-34-41(32)47-38(45-34)25-50(19-7-3)42(52)40(48-43(53)54-4)27-12-9-8-10-13-27/h8-10,12-17,20-23,39-40,51H,5-7,11,18-19,24-26H2,1-4H3,(H,44,46)(H,45,47)(H,48,53)/t39?,40-/m1/s1. The average Bonchev–Trinajstić information content (AvgIpc) is 3.86. The highest BCUT2D eigenvalue weighted by Crippen LogP contribution is 2.42. The van der Waals surface area contributed by atoms with Gasteiger partial charge in [-0.2, -0.15) is 0 Å². The Morgan fingerprint density at radius 1 is 0.927 bits per heavy atom. The zero-order chi connectivity index (χ0) is 38.5. The number of aliphatic hydroxyl groups is 1.